The Morgan fingerprint density at radius 3 is 2.68 bits per heavy atom. The summed E-state index contributed by atoms with van der Waals surface area (Å²) in [6.45, 7) is 2.01. The zero-order valence-electron chi connectivity index (χ0n) is 10.1. The van der Waals surface area contributed by atoms with Crippen LogP contribution in [0.4, 0.5) is 10.1 Å². The molecule has 8 heteroatoms. The summed E-state index contributed by atoms with van der Waals surface area (Å²) in [5.41, 5.74) is 0.778. The van der Waals surface area contributed by atoms with Crippen molar-refractivity contribution in [2.45, 2.75) is 18.4 Å². The maximum absolute atomic E-state index is 13.7. The molecule has 0 fully saturated rings. The molecule has 6 nitrogen and oxygen atoms in total. The van der Waals surface area contributed by atoms with Gasteiger partial charge in [0.05, 0.1) is 17.1 Å². The van der Waals surface area contributed by atoms with Gasteiger partial charge < -0.3 is 9.84 Å². The highest BCUT2D eigenvalue weighted by atomic mass is 32.2. The Balaban J connectivity index is 2.14. The topological polar surface area (TPSA) is 98.2 Å². The lowest BCUT2D eigenvalue weighted by atomic mass is 10.3. The number of anilines is 1. The second kappa shape index (κ2) is 4.98. The minimum Gasteiger partial charge on any atom is -0.377 e. The van der Waals surface area contributed by atoms with Gasteiger partial charge in [-0.25, -0.2) is 17.9 Å². The maximum atomic E-state index is 13.7. The molecule has 0 saturated carbocycles. The molecule has 3 N–H and O–H groups in total. The van der Waals surface area contributed by atoms with Crippen molar-refractivity contribution in [2.75, 3.05) is 5.32 Å². The number of hydrogen-bond donors (Lipinski definition) is 2. The molecule has 0 unspecified atom stereocenters. The van der Waals surface area contributed by atoms with E-state index in [0.717, 1.165) is 6.07 Å². The maximum Gasteiger partial charge on any atom is 0.238 e. The monoisotopic (exact) mass is 285 g/mol. The van der Waals surface area contributed by atoms with Crippen molar-refractivity contribution >= 4 is 15.7 Å². The predicted octanol–water partition coefficient (Wildman–Crippen LogP) is 1.38. The number of primary sulfonamides is 1. The van der Waals surface area contributed by atoms with Gasteiger partial charge in [-0.2, -0.15) is 0 Å². The first-order valence-electron chi connectivity index (χ1n) is 5.34. The van der Waals surface area contributed by atoms with Gasteiger partial charge in [0, 0.05) is 6.07 Å². The van der Waals surface area contributed by atoms with Crippen molar-refractivity contribution in [3.63, 3.8) is 0 Å². The molecule has 0 spiro atoms. The van der Waals surface area contributed by atoms with Crippen LogP contribution in [0.1, 0.15) is 11.5 Å². The van der Waals surface area contributed by atoms with E-state index in [1.165, 1.54) is 12.1 Å². The zero-order valence-corrected chi connectivity index (χ0v) is 10.9. The van der Waals surface area contributed by atoms with Gasteiger partial charge >= 0.3 is 0 Å². The van der Waals surface area contributed by atoms with Crippen molar-refractivity contribution in [1.29, 1.82) is 0 Å². The molecule has 1 aromatic heterocycles. The summed E-state index contributed by atoms with van der Waals surface area (Å²) in [5, 5.41) is 11.4. The van der Waals surface area contributed by atoms with Crippen molar-refractivity contribution < 1.29 is 17.3 Å². The van der Waals surface area contributed by atoms with Crippen LogP contribution in [0, 0.1) is 12.7 Å². The highest BCUT2D eigenvalue weighted by molar-refractivity contribution is 7.89. The molecule has 0 radical (unpaired) electrons. The molecule has 0 aliphatic heterocycles. The summed E-state index contributed by atoms with van der Waals surface area (Å²) in [7, 11) is -3.90. The SMILES string of the molecule is Cc1cc(CNc2ccc(S(N)(=O)=O)cc2F)no1. The van der Waals surface area contributed by atoms with Gasteiger partial charge in [0.25, 0.3) is 0 Å². The van der Waals surface area contributed by atoms with Crippen LogP contribution < -0.4 is 10.5 Å². The fourth-order valence-corrected chi connectivity index (χ4v) is 2.03. The van der Waals surface area contributed by atoms with Gasteiger partial charge in [-0.15, -0.1) is 0 Å². The number of nitrogens with two attached hydrogens (primary N) is 1. The Morgan fingerprint density at radius 2 is 2.16 bits per heavy atom. The van der Waals surface area contributed by atoms with E-state index in [0.29, 0.717) is 11.5 Å². The summed E-state index contributed by atoms with van der Waals surface area (Å²) in [5.74, 6) is -0.0476. The number of hydrogen-bond acceptors (Lipinski definition) is 5. The number of nitrogens with zero attached hydrogens (tertiary/aromatic N) is 1. The third-order valence-corrected chi connectivity index (χ3v) is 3.32. The summed E-state index contributed by atoms with van der Waals surface area (Å²) in [6, 6.07) is 5.12. The Bertz CT molecular complexity index is 697. The highest BCUT2D eigenvalue weighted by Crippen LogP contribution is 2.18. The summed E-state index contributed by atoms with van der Waals surface area (Å²) in [4.78, 5) is -0.271. The van der Waals surface area contributed by atoms with Crippen LogP contribution in [0.5, 0.6) is 0 Å². The van der Waals surface area contributed by atoms with E-state index in [4.69, 9.17) is 9.66 Å². The lowest BCUT2D eigenvalue weighted by molar-refractivity contribution is 0.391. The number of benzene rings is 1. The van der Waals surface area contributed by atoms with Gasteiger partial charge in [0.1, 0.15) is 17.3 Å². The molecule has 1 heterocycles. The molecule has 0 atom stereocenters. The van der Waals surface area contributed by atoms with E-state index in [1.54, 1.807) is 13.0 Å². The molecular weight excluding hydrogens is 273 g/mol. The van der Waals surface area contributed by atoms with Gasteiger partial charge in [-0.3, -0.25) is 0 Å². The number of nitrogens with one attached hydrogen (secondary N) is 1. The quantitative estimate of drug-likeness (QED) is 0.884. The molecule has 0 aliphatic rings. The van der Waals surface area contributed by atoms with Crippen LogP contribution in [0.25, 0.3) is 0 Å². The van der Waals surface area contributed by atoms with Crippen molar-refractivity contribution in [3.05, 3.63) is 41.5 Å². The third kappa shape index (κ3) is 3.30. The van der Waals surface area contributed by atoms with Crippen molar-refractivity contribution in [2.24, 2.45) is 5.14 Å². The lowest BCUT2D eigenvalue weighted by Crippen LogP contribution is -2.12. The largest absolute Gasteiger partial charge is 0.377 e. The summed E-state index contributed by atoms with van der Waals surface area (Å²) < 4.78 is 40.6. The summed E-state index contributed by atoms with van der Waals surface area (Å²) in [6.07, 6.45) is 0. The molecule has 0 aliphatic carbocycles. The molecular formula is C11H12FN3O3S. The Kier molecular flexibility index (Phi) is 3.54. The standard InChI is InChI=1S/C11H12FN3O3S/c1-7-4-8(15-18-7)6-14-11-3-2-9(5-10(11)12)19(13,16)17/h2-5,14H,6H2,1H3,(H2,13,16,17). The number of rotatable bonds is 4. The molecule has 19 heavy (non-hydrogen) atoms. The van der Waals surface area contributed by atoms with E-state index in [2.05, 4.69) is 10.5 Å². The van der Waals surface area contributed by atoms with Crippen molar-refractivity contribution in [1.82, 2.24) is 5.16 Å². The zero-order chi connectivity index (χ0) is 14.0. The fourth-order valence-electron chi connectivity index (χ4n) is 1.50. The number of halogens is 1. The molecule has 1 aromatic carbocycles. The van der Waals surface area contributed by atoms with Crippen LogP contribution in [-0.2, 0) is 16.6 Å². The fraction of sp³-hybridized carbons (Fsp3) is 0.182. The molecule has 2 aromatic rings. The van der Waals surface area contributed by atoms with E-state index >= 15 is 0 Å². The van der Waals surface area contributed by atoms with Crippen LogP contribution in [0.3, 0.4) is 0 Å². The minimum absolute atomic E-state index is 0.160. The van der Waals surface area contributed by atoms with Gasteiger partial charge in [-0.1, -0.05) is 5.16 Å². The second-order valence-electron chi connectivity index (χ2n) is 3.97. The van der Waals surface area contributed by atoms with Gasteiger partial charge in [-0.05, 0) is 25.1 Å². The lowest BCUT2D eigenvalue weighted by Gasteiger charge is -2.06. The van der Waals surface area contributed by atoms with E-state index in [9.17, 15) is 12.8 Å². The normalized spacial score (nSPS) is 11.5. The smallest absolute Gasteiger partial charge is 0.238 e. The second-order valence-corrected chi connectivity index (χ2v) is 5.53. The molecule has 102 valence electrons. The van der Waals surface area contributed by atoms with Crippen LogP contribution >= 0.6 is 0 Å². The average Bonchev–Trinajstić information content (AvgIpc) is 2.72. The Morgan fingerprint density at radius 1 is 1.42 bits per heavy atom. The number of aromatic nitrogens is 1. The molecule has 0 bridgehead atoms. The Hall–Kier alpha value is -1.93. The Labute approximate surface area is 109 Å². The summed E-state index contributed by atoms with van der Waals surface area (Å²) >= 11 is 0. The van der Waals surface area contributed by atoms with Crippen LogP contribution in [0.15, 0.2) is 33.7 Å². The first kappa shape index (κ1) is 13.5. The van der Waals surface area contributed by atoms with Crippen molar-refractivity contribution in [3.8, 4) is 0 Å². The van der Waals surface area contributed by atoms with Crippen LogP contribution in [0.2, 0.25) is 0 Å². The molecule has 0 amide bonds. The third-order valence-electron chi connectivity index (χ3n) is 2.41. The highest BCUT2D eigenvalue weighted by Gasteiger charge is 2.11. The van der Waals surface area contributed by atoms with E-state index in [1.807, 2.05) is 0 Å². The predicted molar refractivity (Wildman–Crippen MR) is 66.3 cm³/mol. The average molecular weight is 285 g/mol. The van der Waals surface area contributed by atoms with E-state index in [-0.39, 0.29) is 17.1 Å². The minimum atomic E-state index is -3.90. The first-order chi connectivity index (χ1) is 8.86. The van der Waals surface area contributed by atoms with Gasteiger partial charge in [0.15, 0.2) is 0 Å². The molecule has 0 saturated heterocycles. The number of sulfonamides is 1. The molecule has 2 rings (SSSR count). The van der Waals surface area contributed by atoms with Gasteiger partial charge in [0.2, 0.25) is 10.0 Å². The first-order valence-corrected chi connectivity index (χ1v) is 6.89. The number of aryl methyl sites for hydroxylation is 1. The van der Waals surface area contributed by atoms with E-state index < -0.39 is 15.8 Å². The van der Waals surface area contributed by atoms with Crippen LogP contribution in [-0.4, -0.2) is 13.6 Å².